The van der Waals surface area contributed by atoms with E-state index in [0.29, 0.717) is 25.0 Å². The van der Waals surface area contributed by atoms with Crippen LogP contribution in [0.1, 0.15) is 58.2 Å². The molecule has 114 valence electrons. The van der Waals surface area contributed by atoms with Crippen LogP contribution in [0, 0.1) is 5.92 Å². The molecule has 0 saturated heterocycles. The molecule has 4 nitrogen and oxygen atoms in total. The van der Waals surface area contributed by atoms with E-state index < -0.39 is 6.10 Å². The molecular formula is C16H28N2O2. The van der Waals surface area contributed by atoms with E-state index in [4.69, 9.17) is 4.74 Å². The lowest BCUT2D eigenvalue weighted by atomic mass is 10.0. The number of rotatable bonds is 9. The Balaban J connectivity index is 1.94. The molecule has 0 amide bonds. The van der Waals surface area contributed by atoms with Gasteiger partial charge in [-0.05, 0) is 44.6 Å². The molecule has 20 heavy (non-hydrogen) atoms. The van der Waals surface area contributed by atoms with Gasteiger partial charge in [0.25, 0.3) is 0 Å². The minimum absolute atomic E-state index is 0.0155. The van der Waals surface area contributed by atoms with Crippen LogP contribution in [0.2, 0.25) is 0 Å². The summed E-state index contributed by atoms with van der Waals surface area (Å²) in [4.78, 5) is 0. The third-order valence-electron chi connectivity index (χ3n) is 4.22. The Morgan fingerprint density at radius 1 is 1.35 bits per heavy atom. The molecule has 1 saturated carbocycles. The molecule has 1 aliphatic rings. The Labute approximate surface area is 122 Å². The highest BCUT2D eigenvalue weighted by atomic mass is 16.5. The first-order valence-electron chi connectivity index (χ1n) is 8.03. The van der Waals surface area contributed by atoms with E-state index in [1.807, 2.05) is 23.9 Å². The second kappa shape index (κ2) is 7.23. The summed E-state index contributed by atoms with van der Waals surface area (Å²) in [6.45, 7) is 7.02. The van der Waals surface area contributed by atoms with Crippen molar-refractivity contribution in [2.24, 2.45) is 5.92 Å². The summed E-state index contributed by atoms with van der Waals surface area (Å²) < 4.78 is 7.75. The Morgan fingerprint density at radius 2 is 2.05 bits per heavy atom. The maximum absolute atomic E-state index is 10.4. The third-order valence-corrected chi connectivity index (χ3v) is 4.22. The topological polar surface area (TPSA) is 47.3 Å². The van der Waals surface area contributed by atoms with Gasteiger partial charge in [0.15, 0.2) is 0 Å². The van der Waals surface area contributed by atoms with E-state index in [1.54, 1.807) is 0 Å². The average molecular weight is 280 g/mol. The first kappa shape index (κ1) is 15.5. The van der Waals surface area contributed by atoms with Crippen molar-refractivity contribution in [3.05, 3.63) is 18.0 Å². The summed E-state index contributed by atoms with van der Waals surface area (Å²) >= 11 is 0. The van der Waals surface area contributed by atoms with Crippen LogP contribution in [0.4, 0.5) is 0 Å². The van der Waals surface area contributed by atoms with Crippen LogP contribution in [-0.2, 0) is 11.2 Å². The number of hydrogen-bond donors (Lipinski definition) is 1. The van der Waals surface area contributed by atoms with Crippen molar-refractivity contribution in [1.82, 2.24) is 9.78 Å². The predicted molar refractivity (Wildman–Crippen MR) is 79.7 cm³/mol. The monoisotopic (exact) mass is 280 g/mol. The zero-order valence-corrected chi connectivity index (χ0v) is 13.0. The molecule has 1 aromatic heterocycles. The molecular weight excluding hydrogens is 252 g/mol. The minimum Gasteiger partial charge on any atom is -0.390 e. The molecule has 1 N–H and O–H groups in total. The van der Waals surface area contributed by atoms with Crippen molar-refractivity contribution >= 4 is 0 Å². The SMILES string of the molecule is CCOC(C(O)Cc1ccn(C(CC)CC)n1)C1CC1. The van der Waals surface area contributed by atoms with Crippen molar-refractivity contribution in [3.8, 4) is 0 Å². The second-order valence-corrected chi connectivity index (χ2v) is 5.79. The van der Waals surface area contributed by atoms with Gasteiger partial charge in [0.1, 0.15) is 0 Å². The maximum atomic E-state index is 10.4. The second-order valence-electron chi connectivity index (χ2n) is 5.79. The Morgan fingerprint density at radius 3 is 2.60 bits per heavy atom. The number of hydrogen-bond acceptors (Lipinski definition) is 3. The zero-order valence-electron chi connectivity index (χ0n) is 13.0. The lowest BCUT2D eigenvalue weighted by molar-refractivity contribution is -0.0443. The van der Waals surface area contributed by atoms with Gasteiger partial charge in [-0.1, -0.05) is 13.8 Å². The quantitative estimate of drug-likeness (QED) is 0.756. The summed E-state index contributed by atoms with van der Waals surface area (Å²) in [6.07, 6.45) is 6.72. The van der Waals surface area contributed by atoms with E-state index in [1.165, 1.54) is 12.8 Å². The standard InChI is InChI=1S/C16H28N2O2/c1-4-14(5-2)18-10-9-13(17-18)11-15(19)16(20-6-3)12-7-8-12/h9-10,12,14-16,19H,4-8,11H2,1-3H3. The largest absolute Gasteiger partial charge is 0.390 e. The van der Waals surface area contributed by atoms with E-state index >= 15 is 0 Å². The predicted octanol–water partition coefficient (Wildman–Crippen LogP) is 2.96. The van der Waals surface area contributed by atoms with Gasteiger partial charge in [-0.15, -0.1) is 0 Å². The summed E-state index contributed by atoms with van der Waals surface area (Å²) in [5, 5.41) is 15.0. The first-order valence-corrected chi connectivity index (χ1v) is 8.03. The molecule has 2 rings (SSSR count). The van der Waals surface area contributed by atoms with Crippen molar-refractivity contribution < 1.29 is 9.84 Å². The third kappa shape index (κ3) is 3.83. The van der Waals surface area contributed by atoms with Crippen LogP contribution in [-0.4, -0.2) is 33.7 Å². The Hall–Kier alpha value is -0.870. The van der Waals surface area contributed by atoms with Gasteiger partial charge in [-0.2, -0.15) is 5.10 Å². The summed E-state index contributed by atoms with van der Waals surface area (Å²) in [6, 6.07) is 2.49. The molecule has 2 unspecified atom stereocenters. The van der Waals surface area contributed by atoms with E-state index in [-0.39, 0.29) is 6.10 Å². The number of aliphatic hydroxyl groups excluding tert-OH is 1. The molecule has 2 atom stereocenters. The Bertz CT molecular complexity index is 397. The van der Waals surface area contributed by atoms with Gasteiger partial charge < -0.3 is 9.84 Å². The normalized spacial score (nSPS) is 18.4. The van der Waals surface area contributed by atoms with E-state index in [2.05, 4.69) is 18.9 Å². The van der Waals surface area contributed by atoms with Crippen LogP contribution < -0.4 is 0 Å². The summed E-state index contributed by atoms with van der Waals surface area (Å²) in [7, 11) is 0. The molecule has 0 radical (unpaired) electrons. The molecule has 1 heterocycles. The molecule has 4 heteroatoms. The molecule has 1 aliphatic carbocycles. The molecule has 0 aromatic carbocycles. The number of aliphatic hydroxyl groups is 1. The molecule has 1 fully saturated rings. The molecule has 1 aromatic rings. The zero-order chi connectivity index (χ0) is 14.5. The van der Waals surface area contributed by atoms with E-state index in [9.17, 15) is 5.11 Å². The van der Waals surface area contributed by atoms with Crippen LogP contribution >= 0.6 is 0 Å². The van der Waals surface area contributed by atoms with Gasteiger partial charge in [0.2, 0.25) is 0 Å². The first-order chi connectivity index (χ1) is 9.69. The number of nitrogens with zero attached hydrogens (tertiary/aromatic N) is 2. The van der Waals surface area contributed by atoms with Gasteiger partial charge in [0.05, 0.1) is 23.9 Å². The summed E-state index contributed by atoms with van der Waals surface area (Å²) in [5.41, 5.74) is 0.967. The van der Waals surface area contributed by atoms with Crippen molar-refractivity contribution in [3.63, 3.8) is 0 Å². The molecule has 0 bridgehead atoms. The van der Waals surface area contributed by atoms with Crippen LogP contribution in [0.5, 0.6) is 0 Å². The van der Waals surface area contributed by atoms with Gasteiger partial charge in [-0.25, -0.2) is 0 Å². The number of aromatic nitrogens is 2. The van der Waals surface area contributed by atoms with Crippen molar-refractivity contribution in [2.75, 3.05) is 6.61 Å². The summed E-state index contributed by atoms with van der Waals surface area (Å²) in [5.74, 6) is 0.547. The van der Waals surface area contributed by atoms with Gasteiger partial charge in [0, 0.05) is 19.2 Å². The number of ether oxygens (including phenoxy) is 1. The lowest BCUT2D eigenvalue weighted by Gasteiger charge is -2.22. The van der Waals surface area contributed by atoms with Crippen LogP contribution in [0.25, 0.3) is 0 Å². The van der Waals surface area contributed by atoms with Gasteiger partial charge >= 0.3 is 0 Å². The highest BCUT2D eigenvalue weighted by Gasteiger charge is 2.36. The lowest BCUT2D eigenvalue weighted by Crippen LogP contribution is -2.33. The highest BCUT2D eigenvalue weighted by molar-refractivity contribution is 5.03. The molecule has 0 aliphatic heterocycles. The van der Waals surface area contributed by atoms with Gasteiger partial charge in [-0.3, -0.25) is 4.68 Å². The molecule has 0 spiro atoms. The average Bonchev–Trinajstić information content (AvgIpc) is 3.18. The maximum Gasteiger partial charge on any atom is 0.0865 e. The smallest absolute Gasteiger partial charge is 0.0865 e. The fourth-order valence-electron chi connectivity index (χ4n) is 2.86. The van der Waals surface area contributed by atoms with Crippen molar-refractivity contribution in [2.45, 2.75) is 71.1 Å². The van der Waals surface area contributed by atoms with Crippen molar-refractivity contribution in [1.29, 1.82) is 0 Å². The minimum atomic E-state index is -0.437. The van der Waals surface area contributed by atoms with Crippen LogP contribution in [0.15, 0.2) is 12.3 Å². The highest BCUT2D eigenvalue weighted by Crippen LogP contribution is 2.36. The fraction of sp³-hybridized carbons (Fsp3) is 0.812. The van der Waals surface area contributed by atoms with Crippen LogP contribution in [0.3, 0.4) is 0 Å². The Kier molecular flexibility index (Phi) is 5.61. The van der Waals surface area contributed by atoms with E-state index in [0.717, 1.165) is 18.5 Å². The fourth-order valence-corrected chi connectivity index (χ4v) is 2.86.